The van der Waals surface area contributed by atoms with Crippen molar-refractivity contribution in [2.75, 3.05) is 0 Å². The molecular formula is C7H6N6O5. The molecule has 0 fully saturated rings. The van der Waals surface area contributed by atoms with Gasteiger partial charge in [0, 0.05) is 12.1 Å². The smallest absolute Gasteiger partial charge is 0.356 e. The van der Waals surface area contributed by atoms with Crippen LogP contribution in [-0.4, -0.2) is 20.8 Å². The molecule has 0 aromatic heterocycles. The van der Waals surface area contributed by atoms with Gasteiger partial charge in [-0.1, -0.05) is 0 Å². The second kappa shape index (κ2) is 5.29. The summed E-state index contributed by atoms with van der Waals surface area (Å²) in [6.45, 7) is 0. The topological polar surface area (TPSA) is 163 Å². The highest BCUT2D eigenvalue weighted by molar-refractivity contribution is 5.76. The first kappa shape index (κ1) is 13.0. The van der Waals surface area contributed by atoms with E-state index in [0.717, 1.165) is 6.07 Å². The van der Waals surface area contributed by atoms with E-state index in [2.05, 4.69) is 10.2 Å². The van der Waals surface area contributed by atoms with Gasteiger partial charge in [0.1, 0.15) is 5.10 Å². The molecular weight excluding hydrogens is 248 g/mol. The van der Waals surface area contributed by atoms with Gasteiger partial charge in [0.25, 0.3) is 11.4 Å². The van der Waals surface area contributed by atoms with E-state index < -0.39 is 15.9 Å². The Bertz CT molecular complexity index is 553. The normalized spacial score (nSPS) is 12.2. The van der Waals surface area contributed by atoms with Gasteiger partial charge in [0.05, 0.1) is 16.1 Å². The van der Waals surface area contributed by atoms with Crippen molar-refractivity contribution in [2.24, 2.45) is 15.9 Å². The molecule has 11 nitrogen and oxygen atoms in total. The van der Waals surface area contributed by atoms with Gasteiger partial charge in [-0.2, -0.15) is 0 Å². The third kappa shape index (κ3) is 3.48. The van der Waals surface area contributed by atoms with Gasteiger partial charge in [-0.25, -0.2) is 10.1 Å². The van der Waals surface area contributed by atoms with E-state index in [-0.39, 0.29) is 16.2 Å². The van der Waals surface area contributed by atoms with E-state index in [0.29, 0.717) is 0 Å². The monoisotopic (exact) mass is 254 g/mol. The third-order valence-corrected chi connectivity index (χ3v) is 1.64. The van der Waals surface area contributed by atoms with Crippen molar-refractivity contribution in [2.45, 2.75) is 0 Å². The van der Waals surface area contributed by atoms with Gasteiger partial charge < -0.3 is 10.9 Å². The van der Waals surface area contributed by atoms with E-state index in [1.807, 2.05) is 0 Å². The number of azo groups is 1. The molecule has 94 valence electrons. The summed E-state index contributed by atoms with van der Waals surface area (Å²) in [6, 6.07) is 4.60. The maximum absolute atomic E-state index is 11.4. The highest BCUT2D eigenvalue weighted by Crippen LogP contribution is 2.19. The first-order valence-corrected chi connectivity index (χ1v) is 4.32. The van der Waals surface area contributed by atoms with Crippen LogP contribution in [0.5, 0.6) is 0 Å². The Morgan fingerprint density at radius 3 is 2.33 bits per heavy atom. The van der Waals surface area contributed by atoms with Crippen molar-refractivity contribution < 1.29 is 14.8 Å². The van der Waals surface area contributed by atoms with Crippen LogP contribution in [-0.2, 0) is 0 Å². The van der Waals surface area contributed by atoms with Crippen LogP contribution in [0.1, 0.15) is 0 Å². The van der Waals surface area contributed by atoms with Crippen LogP contribution in [0.2, 0.25) is 0 Å². The summed E-state index contributed by atoms with van der Waals surface area (Å²) in [5, 5.41) is 36.2. The lowest BCUT2D eigenvalue weighted by atomic mass is 10.3. The van der Waals surface area contributed by atoms with Gasteiger partial charge in [-0.05, 0) is 10.9 Å². The number of non-ortho nitro benzene ring substituents is 1. The Hall–Kier alpha value is -3.11. The van der Waals surface area contributed by atoms with Crippen LogP contribution in [0.25, 0.3) is 0 Å². The molecule has 11 heteroatoms. The summed E-state index contributed by atoms with van der Waals surface area (Å²) in [7, 11) is 0. The molecule has 0 spiro atoms. The summed E-state index contributed by atoms with van der Waals surface area (Å²) in [5.41, 5.74) is 4.45. The van der Waals surface area contributed by atoms with Crippen molar-refractivity contribution in [3.8, 4) is 0 Å². The van der Waals surface area contributed by atoms with Crippen molar-refractivity contribution >= 4 is 17.3 Å². The number of nitrogens with two attached hydrogens (primary N) is 1. The quantitative estimate of drug-likeness (QED) is 0.208. The molecule has 1 aromatic rings. The van der Waals surface area contributed by atoms with E-state index in [9.17, 15) is 25.4 Å². The number of nitro groups is 2. The maximum atomic E-state index is 11.4. The zero-order chi connectivity index (χ0) is 13.7. The van der Waals surface area contributed by atoms with Crippen molar-refractivity contribution in [1.82, 2.24) is 0 Å². The molecule has 1 rings (SSSR count). The molecule has 0 bridgehead atoms. The number of hydrazone groups is 1. The lowest BCUT2D eigenvalue weighted by Gasteiger charge is -1.98. The molecule has 0 atom stereocenters. The summed E-state index contributed by atoms with van der Waals surface area (Å²) in [5.74, 6) is -0.874. The van der Waals surface area contributed by atoms with E-state index >= 15 is 0 Å². The molecule has 0 amide bonds. The van der Waals surface area contributed by atoms with E-state index in [4.69, 9.17) is 5.73 Å². The molecule has 0 saturated heterocycles. The van der Waals surface area contributed by atoms with Gasteiger partial charge in [-0.3, -0.25) is 10.1 Å². The Labute approximate surface area is 98.7 Å². The maximum Gasteiger partial charge on any atom is 0.356 e. The fraction of sp³-hybridized carbons (Fsp3) is 0. The Morgan fingerprint density at radius 1 is 1.17 bits per heavy atom. The predicted octanol–water partition coefficient (Wildman–Crippen LogP) is 0.695. The Balaban J connectivity index is 3.07. The zero-order valence-corrected chi connectivity index (χ0v) is 8.66. The number of nitrogens with zero attached hydrogens (tertiary/aromatic N) is 5. The average Bonchev–Trinajstić information content (AvgIpc) is 2.27. The molecule has 0 aliphatic rings. The first-order chi connectivity index (χ1) is 8.40. The highest BCUT2D eigenvalue weighted by atomic mass is 16.7. The molecule has 0 aliphatic heterocycles. The van der Waals surface area contributed by atoms with E-state index in [1.54, 1.807) is 0 Å². The number of rotatable bonds is 3. The summed E-state index contributed by atoms with van der Waals surface area (Å²) in [6.07, 6.45) is 0. The highest BCUT2D eigenvalue weighted by Gasteiger charge is 2.12. The van der Waals surface area contributed by atoms with Crippen LogP contribution in [0.15, 0.2) is 34.5 Å². The van der Waals surface area contributed by atoms with Gasteiger partial charge in [-0.15, -0.1) is 0 Å². The second-order valence-corrected chi connectivity index (χ2v) is 2.85. The minimum Gasteiger partial charge on any atom is -0.594 e. The van der Waals surface area contributed by atoms with Crippen molar-refractivity contribution in [3.05, 3.63) is 49.7 Å². The number of benzene rings is 1. The lowest BCUT2D eigenvalue weighted by molar-refractivity contribution is -0.487. The lowest BCUT2D eigenvalue weighted by Crippen LogP contribution is -2.13. The molecule has 0 aliphatic carbocycles. The van der Waals surface area contributed by atoms with Crippen molar-refractivity contribution in [3.63, 3.8) is 0 Å². The molecule has 0 radical (unpaired) electrons. The van der Waals surface area contributed by atoms with Crippen LogP contribution in [0.4, 0.5) is 11.4 Å². The number of hydrogen-bond acceptors (Lipinski definition) is 5. The van der Waals surface area contributed by atoms with E-state index in [1.165, 1.54) is 18.2 Å². The van der Waals surface area contributed by atoms with Crippen LogP contribution in [0.3, 0.4) is 0 Å². The Kier molecular flexibility index (Phi) is 3.81. The minimum absolute atomic E-state index is 0.102. The Morgan fingerprint density at radius 2 is 1.78 bits per heavy atom. The summed E-state index contributed by atoms with van der Waals surface area (Å²) in [4.78, 5) is 19.6. The standard InChI is InChI=1S/C7H6N6O5/c8-7(10-13(17)18)9-11(14)5-2-1-3-6(4-5)12(15)16/h1-4H,(H2,8,10). The second-order valence-electron chi connectivity index (χ2n) is 2.85. The predicted molar refractivity (Wildman–Crippen MR) is 57.4 cm³/mol. The summed E-state index contributed by atoms with van der Waals surface area (Å²) < 4.78 is 0. The van der Waals surface area contributed by atoms with Gasteiger partial charge >= 0.3 is 5.96 Å². The molecule has 1 aromatic carbocycles. The fourth-order valence-electron chi connectivity index (χ4n) is 0.980. The number of nitro benzene ring substituents is 1. The van der Waals surface area contributed by atoms with Crippen molar-refractivity contribution in [1.29, 1.82) is 0 Å². The SMILES string of the molecule is NC(=N[N+](=O)[O-])N=[N+]([O-])c1cccc([N+](=O)[O-])c1. The average molecular weight is 254 g/mol. The fourth-order valence-corrected chi connectivity index (χ4v) is 0.980. The van der Waals surface area contributed by atoms with Crippen LogP contribution in [0, 0.1) is 25.4 Å². The van der Waals surface area contributed by atoms with Crippen LogP contribution < -0.4 is 5.73 Å². The van der Waals surface area contributed by atoms with Gasteiger partial charge in [0.2, 0.25) is 0 Å². The number of hydrogen-bond donors (Lipinski definition) is 1. The number of guanidine groups is 1. The molecule has 2 N–H and O–H groups in total. The molecule has 0 heterocycles. The van der Waals surface area contributed by atoms with Crippen LogP contribution >= 0.6 is 0 Å². The first-order valence-electron chi connectivity index (χ1n) is 4.32. The third-order valence-electron chi connectivity index (χ3n) is 1.64. The minimum atomic E-state index is -1.12. The molecule has 0 saturated carbocycles. The molecule has 18 heavy (non-hydrogen) atoms. The largest absolute Gasteiger partial charge is 0.594 e. The summed E-state index contributed by atoms with van der Waals surface area (Å²) >= 11 is 0. The molecule has 0 unspecified atom stereocenters. The zero-order valence-electron chi connectivity index (χ0n) is 8.66. The van der Waals surface area contributed by atoms with Gasteiger partial charge in [0.15, 0.2) is 5.03 Å².